The Kier molecular flexibility index (Phi) is 3.01. The number of benzene rings is 1. The zero-order chi connectivity index (χ0) is 12.4. The van der Waals surface area contributed by atoms with Gasteiger partial charge in [-0.1, -0.05) is 24.3 Å². The lowest BCUT2D eigenvalue weighted by molar-refractivity contribution is 0.759. The molecule has 0 N–H and O–H groups in total. The van der Waals surface area contributed by atoms with E-state index in [-0.39, 0.29) is 0 Å². The Bertz CT molecular complexity index is 585. The first-order valence-corrected chi connectivity index (χ1v) is 5.75. The highest BCUT2D eigenvalue weighted by molar-refractivity contribution is 5.37. The number of nitriles is 1. The quantitative estimate of drug-likeness (QED) is 0.769. The number of aromatic nitrogens is 1. The van der Waals surface area contributed by atoms with Crippen molar-refractivity contribution in [3.05, 3.63) is 58.4 Å². The van der Waals surface area contributed by atoms with Gasteiger partial charge in [0.25, 0.3) is 0 Å². The molecule has 86 valence electrons. The smallest absolute Gasteiger partial charge is 0.123 e. The first-order chi connectivity index (χ1) is 8.13. The zero-order valence-electron chi connectivity index (χ0n) is 10.5. The second kappa shape index (κ2) is 4.47. The van der Waals surface area contributed by atoms with Crippen LogP contribution in [-0.4, -0.2) is 4.57 Å². The summed E-state index contributed by atoms with van der Waals surface area (Å²) >= 11 is 0. The second-order valence-corrected chi connectivity index (χ2v) is 4.44. The lowest BCUT2D eigenvalue weighted by Gasteiger charge is -2.10. The zero-order valence-corrected chi connectivity index (χ0v) is 10.5. The summed E-state index contributed by atoms with van der Waals surface area (Å²) in [5.41, 5.74) is 5.50. The van der Waals surface area contributed by atoms with Gasteiger partial charge in [0.15, 0.2) is 0 Å². The number of aryl methyl sites for hydroxylation is 3. The highest BCUT2D eigenvalue weighted by Crippen LogP contribution is 2.17. The van der Waals surface area contributed by atoms with Crippen molar-refractivity contribution in [2.45, 2.75) is 27.3 Å². The van der Waals surface area contributed by atoms with Gasteiger partial charge in [-0.05, 0) is 43.5 Å². The minimum absolute atomic E-state index is 0.769. The second-order valence-electron chi connectivity index (χ2n) is 4.44. The highest BCUT2D eigenvalue weighted by Gasteiger charge is 2.10. The molecule has 0 aliphatic rings. The average molecular weight is 224 g/mol. The molecule has 0 amide bonds. The molecule has 0 saturated heterocycles. The van der Waals surface area contributed by atoms with Crippen molar-refractivity contribution in [1.82, 2.24) is 4.57 Å². The lowest BCUT2D eigenvalue weighted by atomic mass is 10.1. The standard InChI is InChI=1S/C15H16N2/c1-11-6-4-5-7-14(11)10-17-13(3)8-12(2)15(17)9-16/h4-8H,10H2,1-3H3. The molecular weight excluding hydrogens is 208 g/mol. The van der Waals surface area contributed by atoms with Crippen LogP contribution in [0.4, 0.5) is 0 Å². The summed E-state index contributed by atoms with van der Waals surface area (Å²) in [5, 5.41) is 9.19. The maximum absolute atomic E-state index is 9.19. The van der Waals surface area contributed by atoms with E-state index in [2.05, 4.69) is 35.8 Å². The van der Waals surface area contributed by atoms with Crippen LogP contribution in [0.15, 0.2) is 30.3 Å². The molecule has 0 spiro atoms. The van der Waals surface area contributed by atoms with Crippen LogP contribution in [-0.2, 0) is 6.54 Å². The van der Waals surface area contributed by atoms with Gasteiger partial charge in [-0.2, -0.15) is 5.26 Å². The largest absolute Gasteiger partial charge is 0.332 e. The molecule has 0 fully saturated rings. The maximum atomic E-state index is 9.19. The van der Waals surface area contributed by atoms with Crippen LogP contribution in [0.25, 0.3) is 0 Å². The van der Waals surface area contributed by atoms with Crippen molar-refractivity contribution in [3.8, 4) is 6.07 Å². The molecule has 0 aliphatic heterocycles. The normalized spacial score (nSPS) is 10.2. The van der Waals surface area contributed by atoms with E-state index in [1.54, 1.807) is 0 Å². The van der Waals surface area contributed by atoms with E-state index in [1.165, 1.54) is 11.1 Å². The topological polar surface area (TPSA) is 28.7 Å². The van der Waals surface area contributed by atoms with E-state index >= 15 is 0 Å². The molecular formula is C15H16N2. The Balaban J connectivity index is 2.44. The van der Waals surface area contributed by atoms with E-state index in [9.17, 15) is 5.26 Å². The fourth-order valence-corrected chi connectivity index (χ4v) is 2.16. The predicted octanol–water partition coefficient (Wildman–Crippen LogP) is 3.33. The molecule has 2 heteroatoms. The minimum Gasteiger partial charge on any atom is -0.332 e. The van der Waals surface area contributed by atoms with Crippen LogP contribution < -0.4 is 0 Å². The van der Waals surface area contributed by atoms with Crippen molar-refractivity contribution in [3.63, 3.8) is 0 Å². The van der Waals surface area contributed by atoms with Crippen LogP contribution in [0.3, 0.4) is 0 Å². The summed E-state index contributed by atoms with van der Waals surface area (Å²) in [4.78, 5) is 0. The Labute approximate surface area is 102 Å². The lowest BCUT2D eigenvalue weighted by Crippen LogP contribution is -2.05. The molecule has 1 heterocycles. The predicted molar refractivity (Wildman–Crippen MR) is 68.9 cm³/mol. The first kappa shape index (κ1) is 11.5. The van der Waals surface area contributed by atoms with Gasteiger partial charge in [-0.15, -0.1) is 0 Å². The van der Waals surface area contributed by atoms with Gasteiger partial charge in [-0.25, -0.2) is 0 Å². The monoisotopic (exact) mass is 224 g/mol. The van der Waals surface area contributed by atoms with Crippen LogP contribution >= 0.6 is 0 Å². The van der Waals surface area contributed by atoms with Crippen molar-refractivity contribution in [2.75, 3.05) is 0 Å². The van der Waals surface area contributed by atoms with E-state index in [0.717, 1.165) is 23.5 Å². The van der Waals surface area contributed by atoms with Crippen LogP contribution in [0.5, 0.6) is 0 Å². The van der Waals surface area contributed by atoms with Crippen molar-refractivity contribution < 1.29 is 0 Å². The van der Waals surface area contributed by atoms with Gasteiger partial charge in [0.2, 0.25) is 0 Å². The molecule has 1 aromatic carbocycles. The highest BCUT2D eigenvalue weighted by atomic mass is 15.0. The molecule has 2 nitrogen and oxygen atoms in total. The summed E-state index contributed by atoms with van der Waals surface area (Å²) in [6.07, 6.45) is 0. The van der Waals surface area contributed by atoms with Crippen molar-refractivity contribution in [2.24, 2.45) is 0 Å². The molecule has 1 aromatic heterocycles. The van der Waals surface area contributed by atoms with Gasteiger partial charge < -0.3 is 4.57 Å². The first-order valence-electron chi connectivity index (χ1n) is 5.75. The molecule has 0 unspecified atom stereocenters. The molecule has 0 aliphatic carbocycles. The molecule has 0 atom stereocenters. The van der Waals surface area contributed by atoms with Crippen LogP contribution in [0.1, 0.15) is 28.1 Å². The number of hydrogen-bond donors (Lipinski definition) is 0. The third kappa shape index (κ3) is 2.09. The summed E-state index contributed by atoms with van der Waals surface area (Å²) in [7, 11) is 0. The fourth-order valence-electron chi connectivity index (χ4n) is 2.16. The minimum atomic E-state index is 0.769. The number of nitrogens with zero attached hydrogens (tertiary/aromatic N) is 2. The van der Waals surface area contributed by atoms with Crippen LogP contribution in [0, 0.1) is 32.1 Å². The van der Waals surface area contributed by atoms with E-state index in [1.807, 2.05) is 26.0 Å². The van der Waals surface area contributed by atoms with E-state index in [0.29, 0.717) is 0 Å². The average Bonchev–Trinajstić information content (AvgIpc) is 2.56. The fraction of sp³-hybridized carbons (Fsp3) is 0.267. The maximum Gasteiger partial charge on any atom is 0.123 e. The Morgan fingerprint density at radius 2 is 1.82 bits per heavy atom. The number of hydrogen-bond acceptors (Lipinski definition) is 1. The Morgan fingerprint density at radius 1 is 1.12 bits per heavy atom. The van der Waals surface area contributed by atoms with Gasteiger partial charge in [-0.3, -0.25) is 0 Å². The Hall–Kier alpha value is -2.01. The van der Waals surface area contributed by atoms with Gasteiger partial charge in [0.1, 0.15) is 11.8 Å². The van der Waals surface area contributed by atoms with E-state index < -0.39 is 0 Å². The summed E-state index contributed by atoms with van der Waals surface area (Å²) in [5.74, 6) is 0. The summed E-state index contributed by atoms with van der Waals surface area (Å²) in [6, 6.07) is 12.7. The van der Waals surface area contributed by atoms with E-state index in [4.69, 9.17) is 0 Å². The van der Waals surface area contributed by atoms with Gasteiger partial charge in [0.05, 0.1) is 0 Å². The Morgan fingerprint density at radius 3 is 2.47 bits per heavy atom. The van der Waals surface area contributed by atoms with Crippen molar-refractivity contribution >= 4 is 0 Å². The molecule has 2 rings (SSSR count). The molecule has 0 bridgehead atoms. The molecule has 0 saturated carbocycles. The third-order valence-electron chi connectivity index (χ3n) is 3.19. The van der Waals surface area contributed by atoms with Gasteiger partial charge in [0, 0.05) is 12.2 Å². The summed E-state index contributed by atoms with van der Waals surface area (Å²) in [6.45, 7) is 6.91. The van der Waals surface area contributed by atoms with Gasteiger partial charge >= 0.3 is 0 Å². The SMILES string of the molecule is Cc1ccccc1Cn1c(C)cc(C)c1C#N. The van der Waals surface area contributed by atoms with Crippen LogP contribution in [0.2, 0.25) is 0 Å². The third-order valence-corrected chi connectivity index (χ3v) is 3.19. The van der Waals surface area contributed by atoms with Crippen molar-refractivity contribution in [1.29, 1.82) is 5.26 Å². The molecule has 0 radical (unpaired) electrons. The molecule has 17 heavy (non-hydrogen) atoms. The summed E-state index contributed by atoms with van der Waals surface area (Å²) < 4.78 is 2.08. The number of rotatable bonds is 2. The molecule has 2 aromatic rings.